The number of aryl methyl sites for hydroxylation is 2. The van der Waals surface area contributed by atoms with Gasteiger partial charge in [-0.1, -0.05) is 30.3 Å². The summed E-state index contributed by atoms with van der Waals surface area (Å²) in [7, 11) is 0. The van der Waals surface area contributed by atoms with E-state index in [0.717, 1.165) is 37.9 Å². The van der Waals surface area contributed by atoms with Crippen molar-refractivity contribution in [3.05, 3.63) is 52.2 Å². The van der Waals surface area contributed by atoms with Gasteiger partial charge in [0.25, 0.3) is 0 Å². The molecule has 2 aromatic rings. The molecule has 1 aliphatic rings. The minimum Gasteiger partial charge on any atom is -0.354 e. The van der Waals surface area contributed by atoms with Crippen LogP contribution in [0.1, 0.15) is 30.7 Å². The molecule has 1 aromatic heterocycles. The van der Waals surface area contributed by atoms with E-state index in [1.165, 1.54) is 10.2 Å². The summed E-state index contributed by atoms with van der Waals surface area (Å²) in [5.41, 5.74) is 1.10. The van der Waals surface area contributed by atoms with Crippen molar-refractivity contribution in [1.29, 1.82) is 0 Å². The van der Waals surface area contributed by atoms with Gasteiger partial charge in [-0.15, -0.1) is 0 Å². The first-order valence-corrected chi connectivity index (χ1v) is 8.21. The molecule has 0 unspecified atom stereocenters. The average molecular weight is 314 g/mol. The molecule has 0 bridgehead atoms. The number of rotatable bonds is 6. The van der Waals surface area contributed by atoms with Crippen molar-refractivity contribution < 1.29 is 4.79 Å². The molecule has 1 aromatic carbocycles. The van der Waals surface area contributed by atoms with Crippen LogP contribution in [0.25, 0.3) is 0 Å². The smallest absolute Gasteiger partial charge is 0.346 e. The standard InChI is InChI=1S/C17H22N4O2/c22-16(18-11-6-9-14-7-2-1-3-8-14)13-21-17(23)20-12-5-4-10-15(20)19-21/h1-3,7-8H,4-6,9-13H2,(H,18,22). The molecule has 0 saturated heterocycles. The molecular formula is C17H22N4O2. The Morgan fingerprint density at radius 3 is 2.83 bits per heavy atom. The van der Waals surface area contributed by atoms with Crippen LogP contribution in [0.2, 0.25) is 0 Å². The molecule has 6 nitrogen and oxygen atoms in total. The van der Waals surface area contributed by atoms with Gasteiger partial charge in [-0.2, -0.15) is 5.10 Å². The van der Waals surface area contributed by atoms with E-state index in [-0.39, 0.29) is 18.1 Å². The van der Waals surface area contributed by atoms with Crippen molar-refractivity contribution in [2.45, 2.75) is 45.2 Å². The molecule has 3 rings (SSSR count). The summed E-state index contributed by atoms with van der Waals surface area (Å²) in [5.74, 6) is 0.647. The Bertz CT molecular complexity index is 718. The van der Waals surface area contributed by atoms with Gasteiger partial charge >= 0.3 is 5.69 Å². The van der Waals surface area contributed by atoms with Crippen molar-refractivity contribution in [2.24, 2.45) is 0 Å². The van der Waals surface area contributed by atoms with E-state index in [9.17, 15) is 9.59 Å². The zero-order valence-electron chi connectivity index (χ0n) is 13.2. The van der Waals surface area contributed by atoms with Crippen LogP contribution in [0.4, 0.5) is 0 Å². The van der Waals surface area contributed by atoms with E-state index >= 15 is 0 Å². The van der Waals surface area contributed by atoms with Crippen molar-refractivity contribution >= 4 is 5.91 Å². The SMILES string of the molecule is O=C(Cn1nc2n(c1=O)CCCC2)NCCCc1ccccc1. The Balaban J connectivity index is 1.46. The summed E-state index contributed by atoms with van der Waals surface area (Å²) in [6.45, 7) is 1.33. The number of nitrogens with one attached hydrogen (secondary N) is 1. The molecule has 122 valence electrons. The second-order valence-electron chi connectivity index (χ2n) is 5.90. The molecule has 0 radical (unpaired) electrons. The normalized spacial score (nSPS) is 13.6. The number of benzene rings is 1. The lowest BCUT2D eigenvalue weighted by molar-refractivity contribution is -0.121. The average Bonchev–Trinajstić information content (AvgIpc) is 2.89. The first-order chi connectivity index (χ1) is 11.2. The minimum atomic E-state index is -0.167. The summed E-state index contributed by atoms with van der Waals surface area (Å²) in [6, 6.07) is 10.2. The van der Waals surface area contributed by atoms with Crippen molar-refractivity contribution in [3.63, 3.8) is 0 Å². The van der Waals surface area contributed by atoms with Crippen LogP contribution in [0, 0.1) is 0 Å². The summed E-state index contributed by atoms with van der Waals surface area (Å²) < 4.78 is 2.97. The largest absolute Gasteiger partial charge is 0.354 e. The number of fused-ring (bicyclic) bond motifs is 1. The van der Waals surface area contributed by atoms with Crippen LogP contribution >= 0.6 is 0 Å². The summed E-state index contributed by atoms with van der Waals surface area (Å²) in [6.07, 6.45) is 4.69. The lowest BCUT2D eigenvalue weighted by Gasteiger charge is -2.09. The predicted molar refractivity (Wildman–Crippen MR) is 87.2 cm³/mol. The number of aromatic nitrogens is 3. The molecule has 1 N–H and O–H groups in total. The van der Waals surface area contributed by atoms with Crippen LogP contribution in [0.15, 0.2) is 35.1 Å². The monoisotopic (exact) mass is 314 g/mol. The fraction of sp³-hybridized carbons (Fsp3) is 0.471. The van der Waals surface area contributed by atoms with E-state index in [1.807, 2.05) is 18.2 Å². The van der Waals surface area contributed by atoms with Gasteiger partial charge in [0.2, 0.25) is 5.91 Å². The van der Waals surface area contributed by atoms with Gasteiger partial charge in [0.1, 0.15) is 12.4 Å². The maximum atomic E-state index is 12.1. The lowest BCUT2D eigenvalue weighted by Crippen LogP contribution is -2.34. The van der Waals surface area contributed by atoms with E-state index in [1.54, 1.807) is 4.57 Å². The van der Waals surface area contributed by atoms with Gasteiger partial charge in [0, 0.05) is 19.5 Å². The van der Waals surface area contributed by atoms with Crippen LogP contribution in [-0.2, 0) is 30.7 Å². The molecular weight excluding hydrogens is 292 g/mol. The Labute approximate surface area is 135 Å². The Morgan fingerprint density at radius 1 is 1.22 bits per heavy atom. The fourth-order valence-corrected chi connectivity index (χ4v) is 2.91. The second-order valence-corrected chi connectivity index (χ2v) is 5.90. The molecule has 0 saturated carbocycles. The highest BCUT2D eigenvalue weighted by Crippen LogP contribution is 2.09. The Hall–Kier alpha value is -2.37. The number of hydrogen-bond donors (Lipinski definition) is 1. The summed E-state index contributed by atoms with van der Waals surface area (Å²) >= 11 is 0. The predicted octanol–water partition coefficient (Wildman–Crippen LogP) is 1.13. The van der Waals surface area contributed by atoms with Crippen LogP contribution in [0.5, 0.6) is 0 Å². The first-order valence-electron chi connectivity index (χ1n) is 8.21. The maximum absolute atomic E-state index is 12.1. The van der Waals surface area contributed by atoms with Gasteiger partial charge in [-0.05, 0) is 31.2 Å². The number of carbonyl (C=O) groups excluding carboxylic acids is 1. The van der Waals surface area contributed by atoms with Crippen molar-refractivity contribution in [2.75, 3.05) is 6.54 Å². The van der Waals surface area contributed by atoms with Gasteiger partial charge in [0.05, 0.1) is 0 Å². The molecule has 0 fully saturated rings. The topological polar surface area (TPSA) is 68.9 Å². The minimum absolute atomic E-state index is 0.00414. The van der Waals surface area contributed by atoms with Gasteiger partial charge in [-0.3, -0.25) is 9.36 Å². The van der Waals surface area contributed by atoms with E-state index in [2.05, 4.69) is 22.5 Å². The van der Waals surface area contributed by atoms with Crippen LogP contribution in [-0.4, -0.2) is 26.8 Å². The van der Waals surface area contributed by atoms with E-state index < -0.39 is 0 Å². The fourth-order valence-electron chi connectivity index (χ4n) is 2.91. The molecule has 6 heteroatoms. The highest BCUT2D eigenvalue weighted by atomic mass is 16.2. The third-order valence-electron chi connectivity index (χ3n) is 4.13. The molecule has 2 heterocycles. The Kier molecular flexibility index (Phi) is 4.90. The first kappa shape index (κ1) is 15.5. The van der Waals surface area contributed by atoms with Gasteiger partial charge < -0.3 is 5.32 Å². The molecule has 23 heavy (non-hydrogen) atoms. The summed E-state index contributed by atoms with van der Waals surface area (Å²) in [4.78, 5) is 24.1. The molecule has 0 atom stereocenters. The lowest BCUT2D eigenvalue weighted by atomic mass is 10.1. The van der Waals surface area contributed by atoms with Gasteiger partial charge in [0.15, 0.2) is 0 Å². The third kappa shape index (κ3) is 3.88. The summed E-state index contributed by atoms with van der Waals surface area (Å²) in [5, 5.41) is 7.13. The highest BCUT2D eigenvalue weighted by Gasteiger charge is 2.17. The maximum Gasteiger partial charge on any atom is 0.346 e. The number of amides is 1. The zero-order valence-corrected chi connectivity index (χ0v) is 13.2. The quantitative estimate of drug-likeness (QED) is 0.813. The molecule has 0 spiro atoms. The number of hydrogen-bond acceptors (Lipinski definition) is 3. The number of nitrogens with zero attached hydrogens (tertiary/aromatic N) is 3. The Morgan fingerprint density at radius 2 is 2.04 bits per heavy atom. The molecule has 1 amide bonds. The van der Waals surface area contributed by atoms with E-state index in [4.69, 9.17) is 0 Å². The second kappa shape index (κ2) is 7.26. The molecule has 1 aliphatic heterocycles. The third-order valence-corrected chi connectivity index (χ3v) is 4.13. The van der Waals surface area contributed by atoms with Crippen molar-refractivity contribution in [3.8, 4) is 0 Å². The molecule has 0 aliphatic carbocycles. The van der Waals surface area contributed by atoms with Crippen molar-refractivity contribution in [1.82, 2.24) is 19.7 Å². The van der Waals surface area contributed by atoms with Crippen LogP contribution in [0.3, 0.4) is 0 Å². The number of carbonyl (C=O) groups is 1. The highest BCUT2D eigenvalue weighted by molar-refractivity contribution is 5.75. The van der Waals surface area contributed by atoms with Gasteiger partial charge in [-0.25, -0.2) is 9.48 Å². The van der Waals surface area contributed by atoms with Crippen LogP contribution < -0.4 is 11.0 Å². The zero-order chi connectivity index (χ0) is 16.1. The van der Waals surface area contributed by atoms with E-state index in [0.29, 0.717) is 13.1 Å².